The molecule has 0 spiro atoms. The van der Waals surface area contributed by atoms with Gasteiger partial charge in [-0.25, -0.2) is 8.42 Å². The van der Waals surface area contributed by atoms with Gasteiger partial charge in [0.25, 0.3) is 0 Å². The molecular weight excluding hydrogens is 226 g/mol. The predicted molar refractivity (Wildman–Crippen MR) is 62.8 cm³/mol. The van der Waals surface area contributed by atoms with E-state index in [2.05, 4.69) is 5.10 Å². The summed E-state index contributed by atoms with van der Waals surface area (Å²) < 4.78 is 27.7. The summed E-state index contributed by atoms with van der Waals surface area (Å²) in [5.74, 6) is 0. The maximum atomic E-state index is 12.3. The van der Waals surface area contributed by atoms with Gasteiger partial charge in [-0.05, 0) is 13.8 Å². The number of sulfonamides is 1. The molecule has 0 unspecified atom stereocenters. The molecule has 92 valence electrons. The van der Waals surface area contributed by atoms with Crippen molar-refractivity contribution in [3.8, 4) is 0 Å². The monoisotopic (exact) mass is 245 g/mol. The molecule has 1 heterocycles. The van der Waals surface area contributed by atoms with Gasteiger partial charge in [0.05, 0.1) is 11.4 Å². The standard InChI is InChI=1S/C10H19N3O2S/c1-6-13(7-2)16(14,15)10-8(3)11-12(5)9(10)4/h6-7H2,1-5H3. The number of aryl methyl sites for hydroxylation is 2. The average Bonchev–Trinajstić information content (AvgIpc) is 2.42. The summed E-state index contributed by atoms with van der Waals surface area (Å²) >= 11 is 0. The molecule has 0 aromatic carbocycles. The summed E-state index contributed by atoms with van der Waals surface area (Å²) in [6.45, 7) is 8.13. The molecule has 6 heteroatoms. The van der Waals surface area contributed by atoms with Gasteiger partial charge in [0, 0.05) is 20.1 Å². The van der Waals surface area contributed by atoms with Crippen LogP contribution >= 0.6 is 0 Å². The van der Waals surface area contributed by atoms with Crippen LogP contribution in [0.5, 0.6) is 0 Å². The third kappa shape index (κ3) is 1.99. The molecule has 1 rings (SSSR count). The first-order chi connectivity index (χ1) is 7.36. The van der Waals surface area contributed by atoms with Gasteiger partial charge in [0.1, 0.15) is 4.90 Å². The molecule has 0 aliphatic carbocycles. The van der Waals surface area contributed by atoms with Crippen LogP contribution in [0.4, 0.5) is 0 Å². The van der Waals surface area contributed by atoms with Crippen LogP contribution in [0.2, 0.25) is 0 Å². The molecule has 0 saturated carbocycles. The van der Waals surface area contributed by atoms with E-state index in [4.69, 9.17) is 0 Å². The lowest BCUT2D eigenvalue weighted by Crippen LogP contribution is -2.31. The number of hydrogen-bond acceptors (Lipinski definition) is 3. The van der Waals surface area contributed by atoms with Crippen molar-refractivity contribution in [2.75, 3.05) is 13.1 Å². The lowest BCUT2D eigenvalue weighted by Gasteiger charge is -2.18. The maximum absolute atomic E-state index is 12.3. The van der Waals surface area contributed by atoms with Gasteiger partial charge in [-0.3, -0.25) is 4.68 Å². The van der Waals surface area contributed by atoms with Crippen LogP contribution < -0.4 is 0 Å². The normalized spacial score (nSPS) is 12.4. The third-order valence-electron chi connectivity index (χ3n) is 2.75. The van der Waals surface area contributed by atoms with Crippen LogP contribution in [0.25, 0.3) is 0 Å². The lowest BCUT2D eigenvalue weighted by molar-refractivity contribution is 0.444. The highest BCUT2D eigenvalue weighted by molar-refractivity contribution is 7.89. The Hall–Kier alpha value is -0.880. The Morgan fingerprint density at radius 3 is 2.06 bits per heavy atom. The summed E-state index contributed by atoms with van der Waals surface area (Å²) in [6.07, 6.45) is 0. The molecule has 0 fully saturated rings. The fourth-order valence-electron chi connectivity index (χ4n) is 1.82. The molecule has 16 heavy (non-hydrogen) atoms. The van der Waals surface area contributed by atoms with Gasteiger partial charge in [-0.15, -0.1) is 0 Å². The molecule has 1 aromatic heterocycles. The van der Waals surface area contributed by atoms with Crippen molar-refractivity contribution in [2.45, 2.75) is 32.6 Å². The second-order valence-corrected chi connectivity index (χ2v) is 5.59. The molecule has 1 aromatic rings. The highest BCUT2D eigenvalue weighted by atomic mass is 32.2. The number of rotatable bonds is 4. The van der Waals surface area contributed by atoms with Crippen molar-refractivity contribution in [1.29, 1.82) is 0 Å². The van der Waals surface area contributed by atoms with Gasteiger partial charge in [-0.1, -0.05) is 13.8 Å². The molecule has 0 aliphatic heterocycles. The lowest BCUT2D eigenvalue weighted by atomic mass is 10.4. The number of nitrogens with zero attached hydrogens (tertiary/aromatic N) is 3. The van der Waals surface area contributed by atoms with E-state index in [-0.39, 0.29) is 0 Å². The molecule has 5 nitrogen and oxygen atoms in total. The minimum Gasteiger partial charge on any atom is -0.271 e. The number of hydrogen-bond donors (Lipinski definition) is 0. The van der Waals surface area contributed by atoms with Crippen LogP contribution in [0.1, 0.15) is 25.2 Å². The van der Waals surface area contributed by atoms with E-state index >= 15 is 0 Å². The summed E-state index contributed by atoms with van der Waals surface area (Å²) in [7, 11) is -1.64. The van der Waals surface area contributed by atoms with Crippen LogP contribution in [0, 0.1) is 13.8 Å². The Kier molecular flexibility index (Phi) is 3.75. The van der Waals surface area contributed by atoms with Crippen LogP contribution in [-0.2, 0) is 17.1 Å². The second-order valence-electron chi connectivity index (χ2n) is 3.71. The summed E-state index contributed by atoms with van der Waals surface area (Å²) in [4.78, 5) is 0.346. The SMILES string of the molecule is CCN(CC)S(=O)(=O)c1c(C)nn(C)c1C. The summed E-state index contributed by atoms with van der Waals surface area (Å²) in [6, 6.07) is 0. The van der Waals surface area contributed by atoms with Gasteiger partial charge in [0.15, 0.2) is 0 Å². The van der Waals surface area contributed by atoms with E-state index in [1.54, 1.807) is 25.6 Å². The zero-order chi connectivity index (χ0) is 12.5. The van der Waals surface area contributed by atoms with E-state index in [1.165, 1.54) is 4.31 Å². The first-order valence-corrected chi connectivity index (χ1v) is 6.80. The Bertz CT molecular complexity index is 472. The minimum atomic E-state index is -3.39. The highest BCUT2D eigenvalue weighted by Gasteiger charge is 2.28. The van der Waals surface area contributed by atoms with Crippen molar-refractivity contribution in [2.24, 2.45) is 7.05 Å². The van der Waals surface area contributed by atoms with Crippen LogP contribution in [0.3, 0.4) is 0 Å². The number of aromatic nitrogens is 2. The van der Waals surface area contributed by atoms with E-state index < -0.39 is 10.0 Å². The van der Waals surface area contributed by atoms with Crippen LogP contribution in [-0.4, -0.2) is 35.6 Å². The molecule has 0 amide bonds. The predicted octanol–water partition coefficient (Wildman–Crippen LogP) is 1.07. The molecule has 0 saturated heterocycles. The fourth-order valence-corrected chi connectivity index (χ4v) is 3.68. The van der Waals surface area contributed by atoms with Crippen molar-refractivity contribution in [1.82, 2.24) is 14.1 Å². The van der Waals surface area contributed by atoms with Gasteiger partial charge in [0.2, 0.25) is 10.0 Å². The smallest absolute Gasteiger partial charge is 0.246 e. The quantitative estimate of drug-likeness (QED) is 0.797. The molecule has 0 radical (unpaired) electrons. The van der Waals surface area contributed by atoms with E-state index in [9.17, 15) is 8.42 Å². The zero-order valence-electron chi connectivity index (χ0n) is 10.5. The van der Waals surface area contributed by atoms with Gasteiger partial charge in [-0.2, -0.15) is 9.40 Å². The Morgan fingerprint density at radius 2 is 1.75 bits per heavy atom. The van der Waals surface area contributed by atoms with Gasteiger partial charge >= 0.3 is 0 Å². The Balaban J connectivity index is 3.38. The molecular formula is C10H19N3O2S. The van der Waals surface area contributed by atoms with Crippen molar-refractivity contribution >= 4 is 10.0 Å². The zero-order valence-corrected chi connectivity index (χ0v) is 11.3. The first kappa shape index (κ1) is 13.2. The Labute approximate surface area is 97.1 Å². The molecule has 0 atom stereocenters. The minimum absolute atomic E-state index is 0.346. The Morgan fingerprint density at radius 1 is 1.25 bits per heavy atom. The van der Waals surface area contributed by atoms with E-state index in [1.807, 2.05) is 13.8 Å². The van der Waals surface area contributed by atoms with Crippen molar-refractivity contribution in [3.05, 3.63) is 11.4 Å². The molecule has 0 aliphatic rings. The second kappa shape index (κ2) is 4.55. The topological polar surface area (TPSA) is 55.2 Å². The van der Waals surface area contributed by atoms with Crippen molar-refractivity contribution in [3.63, 3.8) is 0 Å². The summed E-state index contributed by atoms with van der Waals surface area (Å²) in [5, 5.41) is 4.14. The van der Waals surface area contributed by atoms with E-state index in [0.717, 1.165) is 0 Å². The summed E-state index contributed by atoms with van der Waals surface area (Å²) in [5.41, 5.74) is 1.25. The van der Waals surface area contributed by atoms with E-state index in [0.29, 0.717) is 29.4 Å². The van der Waals surface area contributed by atoms with Crippen molar-refractivity contribution < 1.29 is 8.42 Å². The van der Waals surface area contributed by atoms with Crippen LogP contribution in [0.15, 0.2) is 4.90 Å². The molecule has 0 N–H and O–H groups in total. The molecule has 0 bridgehead atoms. The average molecular weight is 245 g/mol. The first-order valence-electron chi connectivity index (χ1n) is 5.36. The highest BCUT2D eigenvalue weighted by Crippen LogP contribution is 2.22. The fraction of sp³-hybridized carbons (Fsp3) is 0.700. The maximum Gasteiger partial charge on any atom is 0.246 e. The third-order valence-corrected chi connectivity index (χ3v) is 5.05. The largest absolute Gasteiger partial charge is 0.271 e. The van der Waals surface area contributed by atoms with Gasteiger partial charge < -0.3 is 0 Å².